The summed E-state index contributed by atoms with van der Waals surface area (Å²) < 4.78 is 30.5. The van der Waals surface area contributed by atoms with Crippen LogP contribution in [-0.2, 0) is 14.3 Å². The Morgan fingerprint density at radius 2 is 1.90 bits per heavy atom. The Bertz CT molecular complexity index is 1060. The number of halogens is 1. The van der Waals surface area contributed by atoms with Crippen LogP contribution in [-0.4, -0.2) is 56.9 Å². The molecule has 3 heterocycles. The van der Waals surface area contributed by atoms with Gasteiger partial charge in [-0.3, -0.25) is 9.69 Å². The predicted octanol–water partition coefficient (Wildman–Crippen LogP) is 3.31. The number of nitrogens with one attached hydrogen (secondary N) is 1. The number of benzene rings is 2. The largest absolute Gasteiger partial charge is 0.492 e. The Labute approximate surface area is 179 Å². The summed E-state index contributed by atoms with van der Waals surface area (Å²) in [6.07, 6.45) is 1.88. The molecule has 0 bridgehead atoms. The van der Waals surface area contributed by atoms with Gasteiger partial charge in [-0.1, -0.05) is 12.1 Å². The minimum Gasteiger partial charge on any atom is -0.492 e. The fourth-order valence-electron chi connectivity index (χ4n) is 3.98. The quantitative estimate of drug-likeness (QED) is 0.750. The van der Waals surface area contributed by atoms with Crippen LogP contribution in [0.25, 0.3) is 11.1 Å². The van der Waals surface area contributed by atoms with Gasteiger partial charge in [-0.15, -0.1) is 0 Å². The first-order chi connectivity index (χ1) is 15.2. The van der Waals surface area contributed by atoms with E-state index in [0.29, 0.717) is 35.8 Å². The van der Waals surface area contributed by atoms with Gasteiger partial charge in [0, 0.05) is 30.8 Å². The van der Waals surface area contributed by atoms with Crippen molar-refractivity contribution in [3.05, 3.63) is 71.2 Å². The van der Waals surface area contributed by atoms with E-state index in [9.17, 15) is 9.18 Å². The first-order valence-corrected chi connectivity index (χ1v) is 10.4. The molecule has 1 fully saturated rings. The van der Waals surface area contributed by atoms with Crippen LogP contribution in [0.2, 0.25) is 0 Å². The number of anilines is 1. The summed E-state index contributed by atoms with van der Waals surface area (Å²) >= 11 is 0. The third-order valence-electron chi connectivity index (χ3n) is 5.67. The number of carbonyl (C=O) groups excluding carboxylic acids is 1. The van der Waals surface area contributed by atoms with E-state index in [0.717, 1.165) is 49.7 Å². The van der Waals surface area contributed by atoms with Gasteiger partial charge >= 0.3 is 0 Å². The molecule has 5 rings (SSSR count). The molecule has 0 saturated carbocycles. The number of amides is 1. The van der Waals surface area contributed by atoms with Crippen LogP contribution in [0, 0.1) is 5.82 Å². The second kappa shape index (κ2) is 8.53. The van der Waals surface area contributed by atoms with Crippen molar-refractivity contribution >= 4 is 22.7 Å². The predicted molar refractivity (Wildman–Crippen MR) is 115 cm³/mol. The number of ether oxygens (including phenoxy) is 3. The standard InChI is InChI=1S/C24H23FN2O4/c25-18-3-6-20-21(14-18)26-24(28)23(20)22-13-17(15-31-22)16-1-4-19(5-2-16)30-12-9-27-7-10-29-11-8-27/h1-6,13-14H,7-12,15H2,(H,26,28)/b23-22+. The van der Waals surface area contributed by atoms with Crippen molar-refractivity contribution in [1.82, 2.24) is 4.90 Å². The Morgan fingerprint density at radius 3 is 2.71 bits per heavy atom. The van der Waals surface area contributed by atoms with Crippen LogP contribution in [0.1, 0.15) is 11.1 Å². The summed E-state index contributed by atoms with van der Waals surface area (Å²) in [5.41, 5.74) is 3.55. The van der Waals surface area contributed by atoms with Gasteiger partial charge in [-0.2, -0.15) is 0 Å². The summed E-state index contributed by atoms with van der Waals surface area (Å²) in [4.78, 5) is 14.7. The number of morpholine rings is 1. The van der Waals surface area contributed by atoms with Crippen molar-refractivity contribution in [3.8, 4) is 5.75 Å². The number of hydrogen-bond donors (Lipinski definition) is 1. The van der Waals surface area contributed by atoms with Crippen LogP contribution in [0.15, 0.2) is 54.3 Å². The maximum absolute atomic E-state index is 13.5. The highest BCUT2D eigenvalue weighted by atomic mass is 19.1. The van der Waals surface area contributed by atoms with E-state index in [4.69, 9.17) is 14.2 Å². The van der Waals surface area contributed by atoms with Gasteiger partial charge in [0.15, 0.2) is 0 Å². The zero-order valence-corrected chi connectivity index (χ0v) is 17.0. The molecule has 2 aromatic rings. The van der Waals surface area contributed by atoms with E-state index >= 15 is 0 Å². The van der Waals surface area contributed by atoms with Crippen LogP contribution in [0.3, 0.4) is 0 Å². The van der Waals surface area contributed by atoms with Gasteiger partial charge in [0.05, 0.1) is 24.5 Å². The molecule has 1 amide bonds. The molecule has 0 unspecified atom stereocenters. The highest BCUT2D eigenvalue weighted by Gasteiger charge is 2.30. The minimum absolute atomic E-state index is 0.280. The van der Waals surface area contributed by atoms with E-state index in [-0.39, 0.29) is 11.7 Å². The highest BCUT2D eigenvalue weighted by Crippen LogP contribution is 2.38. The second-order valence-corrected chi connectivity index (χ2v) is 7.67. The summed E-state index contributed by atoms with van der Waals surface area (Å²) in [6.45, 7) is 5.37. The number of rotatable bonds is 5. The lowest BCUT2D eigenvalue weighted by Crippen LogP contribution is -2.38. The van der Waals surface area contributed by atoms with Gasteiger partial charge in [-0.05, 0) is 42.0 Å². The molecule has 1 N–H and O–H groups in total. The number of hydrogen-bond acceptors (Lipinski definition) is 5. The zero-order valence-electron chi connectivity index (χ0n) is 17.0. The molecule has 0 aromatic heterocycles. The summed E-state index contributed by atoms with van der Waals surface area (Å²) in [5, 5.41) is 2.70. The molecular formula is C24H23FN2O4. The molecule has 2 aromatic carbocycles. The van der Waals surface area contributed by atoms with E-state index < -0.39 is 0 Å². The Morgan fingerprint density at radius 1 is 1.10 bits per heavy atom. The average Bonchev–Trinajstić information content (AvgIpc) is 3.38. The van der Waals surface area contributed by atoms with Gasteiger partial charge in [-0.25, -0.2) is 4.39 Å². The molecule has 6 nitrogen and oxygen atoms in total. The molecular weight excluding hydrogens is 399 g/mol. The lowest BCUT2D eigenvalue weighted by molar-refractivity contribution is -0.110. The summed E-state index contributed by atoms with van der Waals surface area (Å²) in [6, 6.07) is 12.1. The van der Waals surface area contributed by atoms with Crippen molar-refractivity contribution in [2.75, 3.05) is 51.4 Å². The molecule has 3 aliphatic rings. The van der Waals surface area contributed by atoms with Crippen molar-refractivity contribution in [2.45, 2.75) is 0 Å². The smallest absolute Gasteiger partial charge is 0.260 e. The van der Waals surface area contributed by atoms with Crippen LogP contribution in [0.5, 0.6) is 5.75 Å². The van der Waals surface area contributed by atoms with Gasteiger partial charge in [0.2, 0.25) is 0 Å². The molecule has 7 heteroatoms. The first kappa shape index (κ1) is 19.8. The Hall–Kier alpha value is -3.16. The van der Waals surface area contributed by atoms with Crippen molar-refractivity contribution in [1.29, 1.82) is 0 Å². The molecule has 31 heavy (non-hydrogen) atoms. The maximum atomic E-state index is 13.5. The Balaban J connectivity index is 1.27. The molecule has 3 aliphatic heterocycles. The van der Waals surface area contributed by atoms with Crippen molar-refractivity contribution < 1.29 is 23.4 Å². The summed E-state index contributed by atoms with van der Waals surface area (Å²) in [5.74, 6) is 0.656. The minimum atomic E-state index is -0.388. The number of fused-ring (bicyclic) bond motifs is 1. The monoisotopic (exact) mass is 422 g/mol. The summed E-state index contributed by atoms with van der Waals surface area (Å²) in [7, 11) is 0. The van der Waals surface area contributed by atoms with Gasteiger partial charge in [0.25, 0.3) is 5.91 Å². The second-order valence-electron chi connectivity index (χ2n) is 7.67. The Kier molecular flexibility index (Phi) is 5.44. The third kappa shape index (κ3) is 4.19. The zero-order chi connectivity index (χ0) is 21.2. The van der Waals surface area contributed by atoms with E-state index in [1.807, 2.05) is 30.3 Å². The molecule has 0 atom stereocenters. The van der Waals surface area contributed by atoms with Crippen molar-refractivity contribution in [3.63, 3.8) is 0 Å². The highest BCUT2D eigenvalue weighted by molar-refractivity contribution is 6.32. The number of carbonyl (C=O) groups is 1. The topological polar surface area (TPSA) is 60.0 Å². The maximum Gasteiger partial charge on any atom is 0.260 e. The van der Waals surface area contributed by atoms with Gasteiger partial charge < -0.3 is 19.5 Å². The van der Waals surface area contributed by atoms with E-state index in [1.54, 1.807) is 6.07 Å². The van der Waals surface area contributed by atoms with E-state index in [2.05, 4.69) is 10.2 Å². The molecule has 0 spiro atoms. The normalized spacial score (nSPS) is 20.8. The lowest BCUT2D eigenvalue weighted by atomic mass is 10.0. The van der Waals surface area contributed by atoms with Crippen LogP contribution < -0.4 is 10.1 Å². The fourth-order valence-corrected chi connectivity index (χ4v) is 3.98. The lowest BCUT2D eigenvalue weighted by Gasteiger charge is -2.26. The first-order valence-electron chi connectivity index (χ1n) is 10.4. The van der Waals surface area contributed by atoms with Crippen molar-refractivity contribution in [2.24, 2.45) is 0 Å². The van der Waals surface area contributed by atoms with Crippen LogP contribution >= 0.6 is 0 Å². The SMILES string of the molecule is O=C1Nc2cc(F)ccc2/C1=C1/C=C(c2ccc(OCCN3CCOCC3)cc2)CO1. The molecule has 0 aliphatic carbocycles. The number of allylic oxidation sites excluding steroid dienone is 1. The third-order valence-corrected chi connectivity index (χ3v) is 5.67. The molecule has 0 radical (unpaired) electrons. The van der Waals surface area contributed by atoms with E-state index in [1.165, 1.54) is 12.1 Å². The molecule has 1 saturated heterocycles. The fraction of sp³-hybridized carbons (Fsp3) is 0.292. The number of nitrogens with zero attached hydrogens (tertiary/aromatic N) is 1. The van der Waals surface area contributed by atoms with Crippen LogP contribution in [0.4, 0.5) is 10.1 Å². The average molecular weight is 422 g/mol. The molecule has 160 valence electrons. The van der Waals surface area contributed by atoms with Gasteiger partial charge in [0.1, 0.15) is 30.5 Å².